The molecule has 2 N–H and O–H groups in total. The van der Waals surface area contributed by atoms with E-state index in [2.05, 4.69) is 41.0 Å². The zero-order valence-corrected chi connectivity index (χ0v) is 16.8. The van der Waals surface area contributed by atoms with E-state index in [9.17, 15) is 4.79 Å². The Labute approximate surface area is 160 Å². The summed E-state index contributed by atoms with van der Waals surface area (Å²) in [4.78, 5) is 25.6. The fourth-order valence-corrected chi connectivity index (χ4v) is 4.70. The van der Waals surface area contributed by atoms with Crippen LogP contribution in [0.5, 0.6) is 0 Å². The second-order valence-electron chi connectivity index (χ2n) is 8.16. The zero-order chi connectivity index (χ0) is 19.1. The van der Waals surface area contributed by atoms with Crippen LogP contribution in [0.1, 0.15) is 53.4 Å². The number of aryl methyl sites for hydroxylation is 3. The third kappa shape index (κ3) is 3.29. The monoisotopic (exact) mass is 370 g/mol. The summed E-state index contributed by atoms with van der Waals surface area (Å²) in [5.74, 6) is 1.29. The third-order valence-corrected chi connectivity index (χ3v) is 6.13. The number of carbonyl (C=O) groups excluding carboxylic acids is 1. The molecule has 1 fully saturated rings. The Morgan fingerprint density at radius 3 is 2.89 bits per heavy atom. The van der Waals surface area contributed by atoms with Gasteiger partial charge in [0.15, 0.2) is 0 Å². The predicted octanol–water partition coefficient (Wildman–Crippen LogP) is 1.80. The molecule has 0 unspecified atom stereocenters. The summed E-state index contributed by atoms with van der Waals surface area (Å²) in [7, 11) is 3.99. The smallest absolute Gasteiger partial charge is 0.227 e. The van der Waals surface area contributed by atoms with Crippen LogP contribution in [-0.4, -0.2) is 63.1 Å². The van der Waals surface area contributed by atoms with Gasteiger partial charge in [-0.2, -0.15) is 5.10 Å². The first-order valence-electron chi connectivity index (χ1n) is 10.0. The number of amides is 1. The SMILES string of the molecule is CCc1nc([C@@H]2CN(C)C[C@H]2C(=O)N(C)Cc2n[nH]c3c2CCC3)c(C)[nH]1. The van der Waals surface area contributed by atoms with E-state index in [4.69, 9.17) is 4.98 Å². The topological polar surface area (TPSA) is 80.9 Å². The van der Waals surface area contributed by atoms with E-state index in [1.165, 1.54) is 17.7 Å². The first kappa shape index (κ1) is 18.2. The molecular formula is C20H30N6O. The van der Waals surface area contributed by atoms with E-state index >= 15 is 0 Å². The molecule has 2 aromatic heterocycles. The number of fused-ring (bicyclic) bond motifs is 1. The maximum absolute atomic E-state index is 13.3. The Kier molecular flexibility index (Phi) is 4.80. The number of rotatable bonds is 5. The number of nitrogens with one attached hydrogen (secondary N) is 2. The average molecular weight is 371 g/mol. The average Bonchev–Trinajstić information content (AvgIpc) is 3.39. The van der Waals surface area contributed by atoms with Gasteiger partial charge in [-0.1, -0.05) is 6.92 Å². The van der Waals surface area contributed by atoms with Crippen LogP contribution in [0.3, 0.4) is 0 Å². The Morgan fingerprint density at radius 1 is 1.33 bits per heavy atom. The number of H-pyrrole nitrogens is 2. The fraction of sp³-hybridized carbons (Fsp3) is 0.650. The number of imidazole rings is 1. The molecule has 0 bridgehead atoms. The lowest BCUT2D eigenvalue weighted by atomic mass is 9.90. The van der Waals surface area contributed by atoms with Gasteiger partial charge in [-0.3, -0.25) is 9.89 Å². The maximum Gasteiger partial charge on any atom is 0.227 e. The molecule has 1 aliphatic carbocycles. The predicted molar refractivity (Wildman–Crippen MR) is 104 cm³/mol. The molecule has 2 aliphatic rings. The van der Waals surface area contributed by atoms with Crippen LogP contribution >= 0.6 is 0 Å². The van der Waals surface area contributed by atoms with E-state index < -0.39 is 0 Å². The minimum absolute atomic E-state index is 0.0568. The molecule has 0 aromatic carbocycles. The highest BCUT2D eigenvalue weighted by atomic mass is 16.2. The molecule has 2 atom stereocenters. The highest BCUT2D eigenvalue weighted by Gasteiger charge is 2.40. The molecule has 1 amide bonds. The van der Waals surface area contributed by atoms with Crippen molar-refractivity contribution in [1.29, 1.82) is 0 Å². The van der Waals surface area contributed by atoms with Gasteiger partial charge < -0.3 is 14.8 Å². The second-order valence-corrected chi connectivity index (χ2v) is 8.16. The third-order valence-electron chi connectivity index (χ3n) is 6.13. The molecule has 1 saturated heterocycles. The zero-order valence-electron chi connectivity index (χ0n) is 16.8. The molecule has 4 rings (SSSR count). The summed E-state index contributed by atoms with van der Waals surface area (Å²) in [6.45, 7) is 6.40. The molecule has 2 aromatic rings. The van der Waals surface area contributed by atoms with E-state index in [1.54, 1.807) is 0 Å². The van der Waals surface area contributed by atoms with Crippen LogP contribution in [0, 0.1) is 12.8 Å². The van der Waals surface area contributed by atoms with Gasteiger partial charge in [0.05, 0.1) is 23.9 Å². The first-order chi connectivity index (χ1) is 13.0. The van der Waals surface area contributed by atoms with Crippen molar-refractivity contribution in [3.05, 3.63) is 34.2 Å². The van der Waals surface area contributed by atoms with Gasteiger partial charge in [-0.15, -0.1) is 0 Å². The lowest BCUT2D eigenvalue weighted by molar-refractivity contribution is -0.134. The Bertz CT molecular complexity index is 838. The van der Waals surface area contributed by atoms with Crippen molar-refractivity contribution in [2.24, 2.45) is 5.92 Å². The van der Waals surface area contributed by atoms with Gasteiger partial charge in [0.25, 0.3) is 0 Å². The lowest BCUT2D eigenvalue weighted by Crippen LogP contribution is -2.36. The van der Waals surface area contributed by atoms with Crippen LogP contribution in [0.25, 0.3) is 0 Å². The maximum atomic E-state index is 13.3. The summed E-state index contributed by atoms with van der Waals surface area (Å²) in [6, 6.07) is 0. The second kappa shape index (κ2) is 7.11. The largest absolute Gasteiger partial charge is 0.346 e. The molecule has 1 aliphatic heterocycles. The molecule has 146 valence electrons. The summed E-state index contributed by atoms with van der Waals surface area (Å²) in [5.41, 5.74) is 5.76. The van der Waals surface area contributed by atoms with Crippen molar-refractivity contribution in [3.63, 3.8) is 0 Å². The number of hydrogen-bond donors (Lipinski definition) is 2. The van der Waals surface area contributed by atoms with Gasteiger partial charge in [0, 0.05) is 43.9 Å². The number of aromatic amines is 2. The first-order valence-corrected chi connectivity index (χ1v) is 10.0. The van der Waals surface area contributed by atoms with Gasteiger partial charge in [0.1, 0.15) is 5.82 Å². The van der Waals surface area contributed by atoms with E-state index in [1.807, 2.05) is 11.9 Å². The number of carbonyl (C=O) groups is 1. The van der Waals surface area contributed by atoms with Crippen molar-refractivity contribution in [2.45, 2.75) is 52.0 Å². The van der Waals surface area contributed by atoms with Gasteiger partial charge in [-0.05, 0) is 38.8 Å². The minimum Gasteiger partial charge on any atom is -0.346 e. The molecular weight excluding hydrogens is 340 g/mol. The van der Waals surface area contributed by atoms with Crippen LogP contribution in [0.15, 0.2) is 0 Å². The quantitative estimate of drug-likeness (QED) is 0.841. The molecule has 0 spiro atoms. The summed E-state index contributed by atoms with van der Waals surface area (Å²) < 4.78 is 0. The van der Waals surface area contributed by atoms with Crippen molar-refractivity contribution in [2.75, 3.05) is 27.2 Å². The molecule has 3 heterocycles. The van der Waals surface area contributed by atoms with E-state index in [0.29, 0.717) is 6.54 Å². The van der Waals surface area contributed by atoms with Crippen molar-refractivity contribution in [1.82, 2.24) is 30.0 Å². The number of hydrogen-bond acceptors (Lipinski definition) is 4. The Hall–Kier alpha value is -2.15. The van der Waals surface area contributed by atoms with Crippen molar-refractivity contribution >= 4 is 5.91 Å². The summed E-state index contributed by atoms with van der Waals surface area (Å²) in [5, 5.41) is 7.61. The van der Waals surface area contributed by atoms with Crippen molar-refractivity contribution < 1.29 is 4.79 Å². The number of nitrogens with zero attached hydrogens (tertiary/aromatic N) is 4. The molecule has 0 radical (unpaired) electrons. The van der Waals surface area contributed by atoms with Crippen LogP contribution in [0.4, 0.5) is 0 Å². The standard InChI is InChI=1S/C20H30N6O/c1-5-18-21-12(2)19(22-18)14-9-25(3)10-15(14)20(27)26(4)11-17-13-7-6-8-16(13)23-24-17/h14-15H,5-11H2,1-4H3,(H,21,22)(H,23,24)/t14-,15-/m1/s1. The van der Waals surface area contributed by atoms with E-state index in [-0.39, 0.29) is 17.7 Å². The fourth-order valence-electron chi connectivity index (χ4n) is 4.70. The number of aromatic nitrogens is 4. The summed E-state index contributed by atoms with van der Waals surface area (Å²) >= 11 is 0. The normalized spacial score (nSPS) is 22.4. The minimum atomic E-state index is -0.0568. The molecule has 27 heavy (non-hydrogen) atoms. The van der Waals surface area contributed by atoms with Gasteiger partial charge in [-0.25, -0.2) is 4.98 Å². The number of likely N-dealkylation sites (N-methyl/N-ethyl adjacent to an activating group) is 1. The Balaban J connectivity index is 1.52. The Morgan fingerprint density at radius 2 is 2.15 bits per heavy atom. The molecule has 0 saturated carbocycles. The molecule has 7 heteroatoms. The van der Waals surface area contributed by atoms with Gasteiger partial charge in [0.2, 0.25) is 5.91 Å². The lowest BCUT2D eigenvalue weighted by Gasteiger charge is -2.24. The highest BCUT2D eigenvalue weighted by Crippen LogP contribution is 2.34. The summed E-state index contributed by atoms with van der Waals surface area (Å²) in [6.07, 6.45) is 4.21. The van der Waals surface area contributed by atoms with Crippen molar-refractivity contribution in [3.8, 4) is 0 Å². The highest BCUT2D eigenvalue weighted by molar-refractivity contribution is 5.80. The van der Waals surface area contributed by atoms with E-state index in [0.717, 1.165) is 55.3 Å². The van der Waals surface area contributed by atoms with Crippen LogP contribution in [0.2, 0.25) is 0 Å². The number of likely N-dealkylation sites (tertiary alicyclic amines) is 1. The molecule has 7 nitrogen and oxygen atoms in total. The van der Waals surface area contributed by atoms with Crippen LogP contribution in [-0.2, 0) is 30.6 Å². The van der Waals surface area contributed by atoms with Gasteiger partial charge >= 0.3 is 0 Å². The van der Waals surface area contributed by atoms with Crippen LogP contribution < -0.4 is 0 Å².